The lowest BCUT2D eigenvalue weighted by molar-refractivity contribution is 0.132. The van der Waals surface area contributed by atoms with Crippen molar-refractivity contribution in [3.05, 3.63) is 125 Å². The van der Waals surface area contributed by atoms with Crippen LogP contribution in [0.25, 0.3) is 0 Å². The summed E-state index contributed by atoms with van der Waals surface area (Å²) < 4.78 is 0. The number of aromatic nitrogens is 2. The molecule has 2 aliphatic rings. The average Bonchev–Trinajstić information content (AvgIpc) is 3.30. The second kappa shape index (κ2) is 12.9. The van der Waals surface area contributed by atoms with E-state index in [1.807, 2.05) is 24.5 Å². The van der Waals surface area contributed by atoms with E-state index in [1.165, 1.54) is 34.5 Å². The smallest absolute Gasteiger partial charge is 0.0607 e. The quantitative estimate of drug-likeness (QED) is 0.252. The fourth-order valence-corrected chi connectivity index (χ4v) is 6.60. The van der Waals surface area contributed by atoms with Crippen molar-refractivity contribution in [3.63, 3.8) is 0 Å². The number of pyridine rings is 2. The average molecular weight is 547 g/mol. The number of anilines is 1. The van der Waals surface area contributed by atoms with Gasteiger partial charge in [-0.15, -0.1) is 0 Å². The van der Waals surface area contributed by atoms with Crippen molar-refractivity contribution in [2.45, 2.75) is 70.9 Å². The Bertz CT molecular complexity index is 1380. The first-order chi connectivity index (χ1) is 20.2. The van der Waals surface area contributed by atoms with Crippen molar-refractivity contribution in [1.82, 2.24) is 25.6 Å². The Kier molecular flexibility index (Phi) is 8.71. The topological polar surface area (TPSA) is 56.3 Å². The molecule has 0 spiro atoms. The third-order valence-electron chi connectivity index (χ3n) is 8.87. The van der Waals surface area contributed by atoms with Crippen molar-refractivity contribution in [3.8, 4) is 0 Å². The molecule has 212 valence electrons. The van der Waals surface area contributed by atoms with Crippen LogP contribution in [0.2, 0.25) is 0 Å². The largest absolute Gasteiger partial charge is 0.307 e. The number of fused-ring (bicyclic) bond motifs is 1. The normalized spacial score (nSPS) is 22.2. The Hall–Kier alpha value is -3.58. The summed E-state index contributed by atoms with van der Waals surface area (Å²) >= 11 is 0. The Morgan fingerprint density at radius 2 is 1.63 bits per heavy atom. The SMILES string of the molecule is CC1NN(c2ccccc2)C(C)C1CN(Cc1ccc(CNCc2ccccn2)cc1)C1CCCc2cccnc21. The number of hydrazine groups is 1. The summed E-state index contributed by atoms with van der Waals surface area (Å²) in [6, 6.07) is 31.4. The maximum Gasteiger partial charge on any atom is 0.0607 e. The highest BCUT2D eigenvalue weighted by Gasteiger charge is 2.39. The van der Waals surface area contributed by atoms with Crippen LogP contribution in [0.15, 0.2) is 97.3 Å². The van der Waals surface area contributed by atoms with Gasteiger partial charge in [0.25, 0.3) is 0 Å². The predicted octanol–water partition coefficient (Wildman–Crippen LogP) is 6.06. The fourth-order valence-electron chi connectivity index (χ4n) is 6.60. The minimum Gasteiger partial charge on any atom is -0.307 e. The minimum absolute atomic E-state index is 0.338. The van der Waals surface area contributed by atoms with Crippen molar-refractivity contribution in [2.24, 2.45) is 5.92 Å². The van der Waals surface area contributed by atoms with Crippen LogP contribution in [0.4, 0.5) is 5.69 Å². The maximum atomic E-state index is 4.93. The molecule has 6 nitrogen and oxygen atoms in total. The molecule has 0 bridgehead atoms. The zero-order valence-corrected chi connectivity index (χ0v) is 24.3. The van der Waals surface area contributed by atoms with Gasteiger partial charge in [0.2, 0.25) is 0 Å². The van der Waals surface area contributed by atoms with E-state index < -0.39 is 0 Å². The summed E-state index contributed by atoms with van der Waals surface area (Å²) in [7, 11) is 0. The number of hydrogen-bond donors (Lipinski definition) is 2. The molecule has 1 aliphatic carbocycles. The molecule has 2 N–H and O–H groups in total. The molecule has 1 saturated heterocycles. The van der Waals surface area contributed by atoms with E-state index in [2.05, 4.69) is 112 Å². The van der Waals surface area contributed by atoms with Crippen LogP contribution in [0.5, 0.6) is 0 Å². The first-order valence-corrected chi connectivity index (χ1v) is 15.1. The second-order valence-corrected chi connectivity index (χ2v) is 11.7. The zero-order chi connectivity index (χ0) is 28.0. The van der Waals surface area contributed by atoms with Gasteiger partial charge in [0.15, 0.2) is 0 Å². The molecule has 0 radical (unpaired) electrons. The van der Waals surface area contributed by atoms with Crippen molar-refractivity contribution < 1.29 is 0 Å². The third kappa shape index (κ3) is 6.51. The van der Waals surface area contributed by atoms with E-state index in [0.29, 0.717) is 24.0 Å². The first kappa shape index (κ1) is 27.6. The number of benzene rings is 2. The Labute approximate surface area is 244 Å². The fraction of sp³-hybridized carbons (Fsp3) is 0.371. The Morgan fingerprint density at radius 3 is 2.44 bits per heavy atom. The third-order valence-corrected chi connectivity index (χ3v) is 8.87. The number of nitrogens with zero attached hydrogens (tertiary/aromatic N) is 4. The van der Waals surface area contributed by atoms with E-state index >= 15 is 0 Å². The van der Waals surface area contributed by atoms with Crippen LogP contribution in [0.3, 0.4) is 0 Å². The number of para-hydroxylation sites is 1. The van der Waals surface area contributed by atoms with Gasteiger partial charge in [-0.05, 0) is 80.1 Å². The lowest BCUT2D eigenvalue weighted by Gasteiger charge is -2.38. The number of nitrogens with one attached hydrogen (secondary N) is 2. The highest BCUT2D eigenvalue weighted by atomic mass is 15.6. The molecular formula is C35H42N6. The molecule has 6 heteroatoms. The number of aryl methyl sites for hydroxylation is 1. The maximum absolute atomic E-state index is 4.93. The van der Waals surface area contributed by atoms with Crippen LogP contribution in [0, 0.1) is 5.92 Å². The van der Waals surface area contributed by atoms with Gasteiger partial charge in [-0.25, -0.2) is 5.43 Å². The van der Waals surface area contributed by atoms with Gasteiger partial charge in [-0.2, -0.15) is 0 Å². The number of rotatable bonds is 10. The van der Waals surface area contributed by atoms with E-state index in [4.69, 9.17) is 4.98 Å². The lowest BCUT2D eigenvalue weighted by Crippen LogP contribution is -2.41. The highest BCUT2D eigenvalue weighted by molar-refractivity contribution is 5.47. The molecule has 2 aromatic heterocycles. The second-order valence-electron chi connectivity index (χ2n) is 11.7. The summed E-state index contributed by atoms with van der Waals surface area (Å²) in [6.07, 6.45) is 7.32. The molecule has 1 fully saturated rings. The monoisotopic (exact) mass is 546 g/mol. The summed E-state index contributed by atoms with van der Waals surface area (Å²) in [5, 5.41) is 5.89. The van der Waals surface area contributed by atoms with Crippen LogP contribution in [0.1, 0.15) is 60.8 Å². The van der Waals surface area contributed by atoms with Gasteiger partial charge < -0.3 is 10.3 Å². The molecule has 0 amide bonds. The van der Waals surface area contributed by atoms with Crippen LogP contribution < -0.4 is 15.8 Å². The van der Waals surface area contributed by atoms with E-state index in [9.17, 15) is 0 Å². The minimum atomic E-state index is 0.338. The molecular weight excluding hydrogens is 504 g/mol. The predicted molar refractivity (Wildman–Crippen MR) is 166 cm³/mol. The molecule has 41 heavy (non-hydrogen) atoms. The van der Waals surface area contributed by atoms with Gasteiger partial charge in [0, 0.05) is 56.6 Å². The van der Waals surface area contributed by atoms with E-state index in [1.54, 1.807) is 0 Å². The number of hydrogen-bond acceptors (Lipinski definition) is 6. The van der Waals surface area contributed by atoms with Gasteiger partial charge in [-0.1, -0.05) is 54.6 Å². The summed E-state index contributed by atoms with van der Waals surface area (Å²) in [5.41, 5.74) is 11.4. The van der Waals surface area contributed by atoms with Gasteiger partial charge in [-0.3, -0.25) is 14.9 Å². The Morgan fingerprint density at radius 1 is 0.854 bits per heavy atom. The lowest BCUT2D eigenvalue weighted by atomic mass is 9.88. The van der Waals surface area contributed by atoms with Gasteiger partial charge >= 0.3 is 0 Å². The molecule has 1 aliphatic heterocycles. The molecule has 0 saturated carbocycles. The molecule has 4 unspecified atom stereocenters. The highest BCUT2D eigenvalue weighted by Crippen LogP contribution is 2.36. The van der Waals surface area contributed by atoms with Crippen molar-refractivity contribution in [1.29, 1.82) is 0 Å². The van der Waals surface area contributed by atoms with Crippen LogP contribution in [-0.2, 0) is 26.1 Å². The summed E-state index contributed by atoms with van der Waals surface area (Å²) in [6.45, 7) is 8.25. The molecule has 2 aromatic carbocycles. The van der Waals surface area contributed by atoms with Gasteiger partial charge in [0.05, 0.1) is 23.1 Å². The van der Waals surface area contributed by atoms with Gasteiger partial charge in [0.1, 0.15) is 0 Å². The van der Waals surface area contributed by atoms with Crippen LogP contribution >= 0.6 is 0 Å². The van der Waals surface area contributed by atoms with Crippen molar-refractivity contribution in [2.75, 3.05) is 11.6 Å². The molecule has 4 aromatic rings. The van der Waals surface area contributed by atoms with Crippen molar-refractivity contribution >= 4 is 5.69 Å². The standard InChI is InChI=1S/C35H42N6/c1-26-33(27(2)41(39-26)32-13-4-3-5-14-32)25-40(34-15-8-10-30-11-9-21-38-35(30)34)24-29-18-16-28(17-19-29)22-36-23-31-12-6-7-20-37-31/h3-7,9,11-14,16-21,26-27,33-34,36,39H,8,10,15,22-25H2,1-2H3. The molecule has 6 rings (SSSR count). The molecule has 3 heterocycles. The summed E-state index contributed by atoms with van der Waals surface area (Å²) in [5.74, 6) is 0.486. The zero-order valence-electron chi connectivity index (χ0n) is 24.3. The van der Waals surface area contributed by atoms with E-state index in [0.717, 1.165) is 44.7 Å². The van der Waals surface area contributed by atoms with Crippen LogP contribution in [-0.4, -0.2) is 33.5 Å². The molecule has 4 atom stereocenters. The summed E-state index contributed by atoms with van der Waals surface area (Å²) in [4.78, 5) is 12.1. The first-order valence-electron chi connectivity index (χ1n) is 15.1. The Balaban J connectivity index is 1.18. The van der Waals surface area contributed by atoms with E-state index in [-0.39, 0.29) is 0 Å².